The fraction of sp³-hybridized carbons (Fsp3) is 0.231. The summed E-state index contributed by atoms with van der Waals surface area (Å²) in [5.41, 5.74) is 2.61. The van der Waals surface area contributed by atoms with Gasteiger partial charge in [-0.25, -0.2) is 4.68 Å². The monoisotopic (exact) mass is 473 g/mol. The lowest BCUT2D eigenvalue weighted by Crippen LogP contribution is -2.46. The molecule has 0 aliphatic rings. The van der Waals surface area contributed by atoms with Gasteiger partial charge in [0.1, 0.15) is 23.9 Å². The van der Waals surface area contributed by atoms with Crippen molar-refractivity contribution in [3.8, 4) is 5.75 Å². The second-order valence-electron chi connectivity index (χ2n) is 7.80. The van der Waals surface area contributed by atoms with Crippen LogP contribution in [0.25, 0.3) is 11.0 Å². The number of amides is 2. The Kier molecular flexibility index (Phi) is 7.69. The SMILES string of the molecule is COCCNC(=O)C(c1ccccc1)N(C(=O)Cn1nnc2ccccc21)c1cccc(OC)c1. The molecule has 9 heteroatoms. The maximum atomic E-state index is 13.9. The number of para-hydroxylation sites is 1. The van der Waals surface area contributed by atoms with Crippen LogP contribution in [0.1, 0.15) is 11.6 Å². The molecular formula is C26H27N5O4. The Bertz CT molecular complexity index is 1290. The summed E-state index contributed by atoms with van der Waals surface area (Å²) in [5.74, 6) is -0.0874. The maximum Gasteiger partial charge on any atom is 0.249 e. The lowest BCUT2D eigenvalue weighted by atomic mass is 10.0. The first-order valence-corrected chi connectivity index (χ1v) is 11.2. The quantitative estimate of drug-likeness (QED) is 0.356. The number of aromatic nitrogens is 3. The molecule has 3 aromatic carbocycles. The zero-order valence-electron chi connectivity index (χ0n) is 19.6. The van der Waals surface area contributed by atoms with Crippen molar-refractivity contribution < 1.29 is 19.1 Å². The number of carbonyl (C=O) groups is 2. The third kappa shape index (κ3) is 5.47. The Balaban J connectivity index is 1.77. The molecule has 4 aromatic rings. The molecule has 9 nitrogen and oxygen atoms in total. The van der Waals surface area contributed by atoms with Crippen LogP contribution in [0, 0.1) is 0 Å². The molecule has 0 radical (unpaired) electrons. The Morgan fingerprint density at radius 1 is 1.00 bits per heavy atom. The van der Waals surface area contributed by atoms with Crippen molar-refractivity contribution in [3.05, 3.63) is 84.4 Å². The van der Waals surface area contributed by atoms with Gasteiger partial charge in [-0.15, -0.1) is 5.10 Å². The van der Waals surface area contributed by atoms with Gasteiger partial charge in [0.15, 0.2) is 0 Å². The number of hydrogen-bond acceptors (Lipinski definition) is 6. The smallest absolute Gasteiger partial charge is 0.249 e. The number of carbonyl (C=O) groups excluding carboxylic acids is 2. The van der Waals surface area contributed by atoms with Gasteiger partial charge in [-0.1, -0.05) is 53.7 Å². The van der Waals surface area contributed by atoms with Crippen molar-refractivity contribution in [1.29, 1.82) is 0 Å². The second-order valence-corrected chi connectivity index (χ2v) is 7.80. The molecule has 0 aliphatic heterocycles. The highest BCUT2D eigenvalue weighted by Gasteiger charge is 2.33. The molecule has 4 rings (SSSR count). The van der Waals surface area contributed by atoms with E-state index in [-0.39, 0.29) is 18.4 Å². The van der Waals surface area contributed by atoms with Crippen molar-refractivity contribution in [3.63, 3.8) is 0 Å². The summed E-state index contributed by atoms with van der Waals surface area (Å²) in [6.07, 6.45) is 0. The molecule has 35 heavy (non-hydrogen) atoms. The summed E-state index contributed by atoms with van der Waals surface area (Å²) in [7, 11) is 3.12. The van der Waals surface area contributed by atoms with Crippen LogP contribution >= 0.6 is 0 Å². The summed E-state index contributed by atoms with van der Waals surface area (Å²) in [6.45, 7) is 0.560. The minimum Gasteiger partial charge on any atom is -0.497 e. The summed E-state index contributed by atoms with van der Waals surface area (Å²) in [5, 5.41) is 11.2. The van der Waals surface area contributed by atoms with Crippen molar-refractivity contribution in [2.24, 2.45) is 0 Å². The average molecular weight is 474 g/mol. The molecule has 180 valence electrons. The van der Waals surface area contributed by atoms with Crippen molar-refractivity contribution in [2.75, 3.05) is 32.3 Å². The fourth-order valence-corrected chi connectivity index (χ4v) is 3.86. The third-order valence-corrected chi connectivity index (χ3v) is 5.53. The van der Waals surface area contributed by atoms with Crippen LogP contribution in [-0.2, 0) is 20.9 Å². The van der Waals surface area contributed by atoms with E-state index in [1.807, 2.05) is 54.6 Å². The van der Waals surface area contributed by atoms with E-state index < -0.39 is 6.04 Å². The number of anilines is 1. The second kappa shape index (κ2) is 11.3. The van der Waals surface area contributed by atoms with Gasteiger partial charge in [-0.3, -0.25) is 14.5 Å². The molecule has 0 saturated heterocycles. The Morgan fingerprint density at radius 2 is 1.77 bits per heavy atom. The first-order chi connectivity index (χ1) is 17.1. The molecular weight excluding hydrogens is 446 g/mol. The summed E-state index contributed by atoms with van der Waals surface area (Å²) in [6, 6.07) is 22.7. The number of nitrogens with one attached hydrogen (secondary N) is 1. The van der Waals surface area contributed by atoms with E-state index in [0.717, 1.165) is 5.52 Å². The first-order valence-electron chi connectivity index (χ1n) is 11.2. The van der Waals surface area contributed by atoms with E-state index in [4.69, 9.17) is 9.47 Å². The van der Waals surface area contributed by atoms with Gasteiger partial charge in [-0.2, -0.15) is 0 Å². The van der Waals surface area contributed by atoms with Crippen LogP contribution < -0.4 is 15.0 Å². The number of benzene rings is 3. The molecule has 1 unspecified atom stereocenters. The standard InChI is InChI=1S/C26H27N5O4/c1-34-16-15-27-26(33)25(19-9-4-3-5-10-19)31(20-11-8-12-21(17-20)35-2)24(32)18-30-23-14-7-6-13-22(23)28-29-30/h3-14,17,25H,15-16,18H2,1-2H3,(H,27,33). The first kappa shape index (κ1) is 23.9. The van der Waals surface area contributed by atoms with Gasteiger partial charge in [0, 0.05) is 25.4 Å². The topological polar surface area (TPSA) is 98.6 Å². The number of rotatable bonds is 10. The average Bonchev–Trinajstić information content (AvgIpc) is 3.30. The van der Waals surface area contributed by atoms with Crippen LogP contribution in [0.15, 0.2) is 78.9 Å². The number of hydrogen-bond donors (Lipinski definition) is 1. The molecule has 0 aliphatic carbocycles. The molecule has 1 heterocycles. The van der Waals surface area contributed by atoms with Gasteiger partial charge in [0.2, 0.25) is 11.8 Å². The molecule has 2 amide bonds. The normalized spacial score (nSPS) is 11.7. The maximum absolute atomic E-state index is 13.9. The van der Waals surface area contributed by atoms with Gasteiger partial charge >= 0.3 is 0 Å². The van der Waals surface area contributed by atoms with Crippen molar-refractivity contribution in [2.45, 2.75) is 12.6 Å². The molecule has 1 atom stereocenters. The van der Waals surface area contributed by atoms with E-state index in [0.29, 0.717) is 35.7 Å². The van der Waals surface area contributed by atoms with Gasteiger partial charge in [-0.05, 0) is 29.8 Å². The lowest BCUT2D eigenvalue weighted by Gasteiger charge is -2.31. The minimum absolute atomic E-state index is 0.105. The van der Waals surface area contributed by atoms with Crippen LogP contribution in [0.2, 0.25) is 0 Å². The molecule has 0 saturated carbocycles. The predicted molar refractivity (Wildman–Crippen MR) is 132 cm³/mol. The Hall–Kier alpha value is -4.24. The summed E-state index contributed by atoms with van der Waals surface area (Å²) in [4.78, 5) is 28.9. The van der Waals surface area contributed by atoms with Crippen molar-refractivity contribution >= 4 is 28.5 Å². The molecule has 1 N–H and O–H groups in total. The number of ether oxygens (including phenoxy) is 2. The Labute approximate surface area is 203 Å². The molecule has 1 aromatic heterocycles. The number of fused-ring (bicyclic) bond motifs is 1. The summed E-state index contributed by atoms with van der Waals surface area (Å²) < 4.78 is 12.0. The van der Waals surface area contributed by atoms with E-state index in [2.05, 4.69) is 15.6 Å². The van der Waals surface area contributed by atoms with E-state index in [9.17, 15) is 9.59 Å². The highest BCUT2D eigenvalue weighted by molar-refractivity contribution is 6.01. The van der Waals surface area contributed by atoms with Crippen LogP contribution in [0.3, 0.4) is 0 Å². The summed E-state index contributed by atoms with van der Waals surface area (Å²) >= 11 is 0. The zero-order valence-corrected chi connectivity index (χ0v) is 19.6. The molecule has 0 fully saturated rings. The highest BCUT2D eigenvalue weighted by Crippen LogP contribution is 2.31. The third-order valence-electron chi connectivity index (χ3n) is 5.53. The predicted octanol–water partition coefficient (Wildman–Crippen LogP) is 2.98. The lowest BCUT2D eigenvalue weighted by molar-refractivity contribution is -0.127. The van der Waals surface area contributed by atoms with E-state index in [1.54, 1.807) is 38.5 Å². The number of methoxy groups -OCH3 is 2. The van der Waals surface area contributed by atoms with Gasteiger partial charge < -0.3 is 14.8 Å². The van der Waals surface area contributed by atoms with Crippen LogP contribution in [0.5, 0.6) is 5.75 Å². The number of nitrogens with zero attached hydrogens (tertiary/aromatic N) is 4. The van der Waals surface area contributed by atoms with Crippen LogP contribution in [0.4, 0.5) is 5.69 Å². The van der Waals surface area contributed by atoms with Crippen molar-refractivity contribution in [1.82, 2.24) is 20.3 Å². The minimum atomic E-state index is -0.928. The zero-order chi connectivity index (χ0) is 24.6. The van der Waals surface area contributed by atoms with E-state index >= 15 is 0 Å². The fourth-order valence-electron chi connectivity index (χ4n) is 3.86. The van der Waals surface area contributed by atoms with Gasteiger partial charge in [0.05, 0.1) is 19.2 Å². The largest absolute Gasteiger partial charge is 0.497 e. The van der Waals surface area contributed by atoms with Crippen LogP contribution in [-0.4, -0.2) is 54.2 Å². The molecule has 0 bridgehead atoms. The molecule has 0 spiro atoms. The van der Waals surface area contributed by atoms with E-state index in [1.165, 1.54) is 9.58 Å². The highest BCUT2D eigenvalue weighted by atomic mass is 16.5. The Morgan fingerprint density at radius 3 is 2.54 bits per heavy atom. The van der Waals surface area contributed by atoms with Gasteiger partial charge in [0.25, 0.3) is 0 Å².